The monoisotopic (exact) mass is 404 g/mol. The minimum Gasteiger partial charge on any atom is -0.393 e. The van der Waals surface area contributed by atoms with Crippen molar-refractivity contribution in [3.63, 3.8) is 0 Å². The van der Waals surface area contributed by atoms with Crippen LogP contribution in [-0.2, 0) is 0 Å². The molecule has 0 amide bonds. The zero-order chi connectivity index (χ0) is 21.2. The lowest BCUT2D eigenvalue weighted by atomic mass is 9.43. The summed E-state index contributed by atoms with van der Waals surface area (Å²) in [5, 5.41) is 32.2. The van der Waals surface area contributed by atoms with Crippen molar-refractivity contribution < 1.29 is 15.3 Å². The normalized spacial score (nSPS) is 49.8. The Morgan fingerprint density at radius 1 is 1.14 bits per heavy atom. The SMILES string of the molecule is CC(C)(O)CCCC1CCC2C3CC=C4CC(O)CCC4(C)C3C(C)(O)CC12C. The van der Waals surface area contributed by atoms with Crippen LogP contribution in [0.1, 0.15) is 98.8 Å². The smallest absolute Gasteiger partial charge is 0.0664 e. The lowest BCUT2D eigenvalue weighted by Crippen LogP contribution is -2.61. The number of fused-ring (bicyclic) bond motifs is 5. The van der Waals surface area contributed by atoms with Crippen LogP contribution in [0.2, 0.25) is 0 Å². The molecule has 4 rings (SSSR count). The number of aliphatic hydroxyl groups is 3. The molecule has 3 N–H and O–H groups in total. The molecule has 3 fully saturated rings. The van der Waals surface area contributed by atoms with E-state index in [1.807, 2.05) is 13.8 Å². The van der Waals surface area contributed by atoms with Gasteiger partial charge >= 0.3 is 0 Å². The van der Waals surface area contributed by atoms with Gasteiger partial charge in [-0.15, -0.1) is 0 Å². The van der Waals surface area contributed by atoms with Gasteiger partial charge in [0.05, 0.1) is 17.3 Å². The summed E-state index contributed by atoms with van der Waals surface area (Å²) in [5.74, 6) is 2.23. The van der Waals surface area contributed by atoms with Crippen molar-refractivity contribution in [2.75, 3.05) is 0 Å². The quantitative estimate of drug-likeness (QED) is 0.562. The lowest BCUT2D eigenvalue weighted by molar-refractivity contribution is -0.180. The maximum Gasteiger partial charge on any atom is 0.0664 e. The van der Waals surface area contributed by atoms with Gasteiger partial charge in [0.25, 0.3) is 0 Å². The molecule has 3 saturated carbocycles. The van der Waals surface area contributed by atoms with Crippen molar-refractivity contribution in [3.8, 4) is 0 Å². The first kappa shape index (κ1) is 21.8. The molecule has 0 aromatic rings. The van der Waals surface area contributed by atoms with Gasteiger partial charge in [0.2, 0.25) is 0 Å². The standard InChI is InChI=1S/C26H44O3/c1-23(2,28)13-6-7-17-9-11-21-20-10-8-18-15-19(27)12-14-24(18,3)22(20)26(5,29)16-25(17,21)4/h8,17,19-22,27-29H,6-7,9-16H2,1-5H3. The first-order chi connectivity index (χ1) is 13.4. The molecule has 0 aromatic heterocycles. The average Bonchev–Trinajstić information content (AvgIpc) is 2.89. The van der Waals surface area contributed by atoms with E-state index in [2.05, 4.69) is 26.8 Å². The molecule has 0 heterocycles. The van der Waals surface area contributed by atoms with Gasteiger partial charge in [0.15, 0.2) is 0 Å². The summed E-state index contributed by atoms with van der Waals surface area (Å²) in [6.45, 7) is 10.8. The molecule has 8 atom stereocenters. The van der Waals surface area contributed by atoms with Crippen LogP contribution >= 0.6 is 0 Å². The molecule has 0 bridgehead atoms. The van der Waals surface area contributed by atoms with Crippen molar-refractivity contribution in [1.82, 2.24) is 0 Å². The van der Waals surface area contributed by atoms with Crippen LogP contribution in [-0.4, -0.2) is 32.6 Å². The minimum atomic E-state index is -0.648. The molecule has 4 aliphatic carbocycles. The van der Waals surface area contributed by atoms with E-state index in [4.69, 9.17) is 0 Å². The fraction of sp³-hybridized carbons (Fsp3) is 0.923. The summed E-state index contributed by atoms with van der Waals surface area (Å²) < 4.78 is 0. The van der Waals surface area contributed by atoms with Gasteiger partial charge < -0.3 is 15.3 Å². The molecule has 29 heavy (non-hydrogen) atoms. The lowest BCUT2D eigenvalue weighted by Gasteiger charge is -2.63. The van der Waals surface area contributed by atoms with E-state index in [9.17, 15) is 15.3 Å². The Kier molecular flexibility index (Phi) is 5.32. The maximum atomic E-state index is 11.9. The minimum absolute atomic E-state index is 0.0476. The molecule has 8 unspecified atom stereocenters. The molecule has 0 aliphatic heterocycles. The van der Waals surface area contributed by atoms with Crippen LogP contribution in [0.4, 0.5) is 0 Å². The van der Waals surface area contributed by atoms with E-state index < -0.39 is 11.2 Å². The zero-order valence-corrected chi connectivity index (χ0v) is 19.4. The molecule has 0 saturated heterocycles. The first-order valence-electron chi connectivity index (χ1n) is 12.2. The molecule has 4 aliphatic rings. The number of rotatable bonds is 4. The van der Waals surface area contributed by atoms with Gasteiger partial charge in [-0.2, -0.15) is 0 Å². The van der Waals surface area contributed by atoms with Gasteiger partial charge in [-0.05, 0) is 113 Å². The fourth-order valence-corrected chi connectivity index (χ4v) is 8.78. The summed E-state index contributed by atoms with van der Waals surface area (Å²) in [6, 6.07) is 0. The van der Waals surface area contributed by atoms with Gasteiger partial charge in [0, 0.05) is 0 Å². The van der Waals surface area contributed by atoms with Crippen LogP contribution in [0, 0.1) is 34.5 Å². The van der Waals surface area contributed by atoms with E-state index in [1.165, 1.54) is 24.8 Å². The Labute approximate surface area is 178 Å². The molecular formula is C26H44O3. The van der Waals surface area contributed by atoms with Crippen LogP contribution in [0.3, 0.4) is 0 Å². The van der Waals surface area contributed by atoms with Gasteiger partial charge in [-0.1, -0.05) is 31.9 Å². The number of allylic oxidation sites excluding steroid dienone is 1. The molecule has 0 spiro atoms. The first-order valence-corrected chi connectivity index (χ1v) is 12.2. The largest absolute Gasteiger partial charge is 0.393 e. The molecule has 166 valence electrons. The van der Waals surface area contributed by atoms with E-state index in [0.717, 1.165) is 44.9 Å². The van der Waals surface area contributed by atoms with Gasteiger partial charge in [0.1, 0.15) is 0 Å². The Bertz CT molecular complexity index is 659. The molecule has 0 radical (unpaired) electrons. The van der Waals surface area contributed by atoms with Crippen LogP contribution < -0.4 is 0 Å². The highest BCUT2D eigenvalue weighted by molar-refractivity contribution is 5.28. The van der Waals surface area contributed by atoms with Crippen molar-refractivity contribution in [3.05, 3.63) is 11.6 Å². The van der Waals surface area contributed by atoms with Crippen LogP contribution in [0.25, 0.3) is 0 Å². The Hall–Kier alpha value is -0.380. The molecule has 3 heteroatoms. The van der Waals surface area contributed by atoms with Crippen molar-refractivity contribution >= 4 is 0 Å². The average molecular weight is 405 g/mol. The van der Waals surface area contributed by atoms with Crippen LogP contribution in [0.15, 0.2) is 11.6 Å². The topological polar surface area (TPSA) is 60.7 Å². The van der Waals surface area contributed by atoms with E-state index >= 15 is 0 Å². The molecule has 0 aromatic carbocycles. The number of hydrogen-bond acceptors (Lipinski definition) is 3. The highest BCUT2D eigenvalue weighted by Crippen LogP contribution is 2.69. The van der Waals surface area contributed by atoms with Crippen LogP contribution in [0.5, 0.6) is 0 Å². The highest BCUT2D eigenvalue weighted by atomic mass is 16.3. The number of aliphatic hydroxyl groups excluding tert-OH is 1. The third-order valence-corrected chi connectivity index (χ3v) is 9.81. The summed E-state index contributed by atoms with van der Waals surface area (Å²) in [7, 11) is 0. The second-order valence-corrected chi connectivity index (χ2v) is 12.5. The maximum absolute atomic E-state index is 11.9. The highest BCUT2D eigenvalue weighted by Gasteiger charge is 2.64. The Morgan fingerprint density at radius 2 is 1.86 bits per heavy atom. The third kappa shape index (κ3) is 3.64. The summed E-state index contributed by atoms with van der Waals surface area (Å²) in [4.78, 5) is 0. The predicted octanol–water partition coefficient (Wildman–Crippen LogP) is 5.23. The Morgan fingerprint density at radius 3 is 2.55 bits per heavy atom. The van der Waals surface area contributed by atoms with E-state index in [0.29, 0.717) is 23.7 Å². The van der Waals surface area contributed by atoms with Gasteiger partial charge in [-0.25, -0.2) is 0 Å². The summed E-state index contributed by atoms with van der Waals surface area (Å²) in [6.07, 6.45) is 12.6. The molecule has 3 nitrogen and oxygen atoms in total. The third-order valence-electron chi connectivity index (χ3n) is 9.81. The van der Waals surface area contributed by atoms with Gasteiger partial charge in [-0.3, -0.25) is 0 Å². The Balaban J connectivity index is 1.59. The second kappa shape index (κ2) is 7.07. The summed E-state index contributed by atoms with van der Waals surface area (Å²) >= 11 is 0. The second-order valence-electron chi connectivity index (χ2n) is 12.5. The van der Waals surface area contributed by atoms with Crippen molar-refractivity contribution in [1.29, 1.82) is 0 Å². The van der Waals surface area contributed by atoms with E-state index in [-0.39, 0.29) is 16.9 Å². The van der Waals surface area contributed by atoms with Crippen molar-refractivity contribution in [2.45, 2.75) is 116 Å². The van der Waals surface area contributed by atoms with Crippen molar-refractivity contribution in [2.24, 2.45) is 34.5 Å². The predicted molar refractivity (Wildman–Crippen MR) is 117 cm³/mol. The zero-order valence-electron chi connectivity index (χ0n) is 19.4. The number of hydrogen-bond donors (Lipinski definition) is 3. The van der Waals surface area contributed by atoms with E-state index in [1.54, 1.807) is 0 Å². The fourth-order valence-electron chi connectivity index (χ4n) is 8.78. The summed E-state index contributed by atoms with van der Waals surface area (Å²) in [5.41, 5.74) is 0.450. The molecular weight excluding hydrogens is 360 g/mol.